The zero-order valence-corrected chi connectivity index (χ0v) is 14.2. The van der Waals surface area contributed by atoms with Gasteiger partial charge in [0.25, 0.3) is 5.91 Å². The first-order chi connectivity index (χ1) is 12.1. The standard InChI is InChI=1S/C18H14N4O2S/c1-2-16-21-22-18(25-16)20-17(24)12(10-19)9-11-7-8-15(23)14-6-4-3-5-13(11)14/h3-9,23H,2H2,1H3,(H,20,22,24). The molecule has 25 heavy (non-hydrogen) atoms. The van der Waals surface area contributed by atoms with Gasteiger partial charge in [0.15, 0.2) is 0 Å². The zero-order valence-electron chi connectivity index (χ0n) is 13.4. The van der Waals surface area contributed by atoms with Gasteiger partial charge in [0.2, 0.25) is 5.13 Å². The molecule has 3 rings (SSSR count). The molecule has 0 saturated heterocycles. The lowest BCUT2D eigenvalue weighted by atomic mass is 10.0. The Balaban J connectivity index is 1.94. The fourth-order valence-electron chi connectivity index (χ4n) is 2.35. The molecule has 2 aromatic carbocycles. The average molecular weight is 350 g/mol. The number of carbonyl (C=O) groups excluding carboxylic acids is 1. The molecule has 124 valence electrons. The predicted octanol–water partition coefficient (Wildman–Crippen LogP) is 3.50. The fraction of sp³-hybridized carbons (Fsp3) is 0.111. The maximum Gasteiger partial charge on any atom is 0.268 e. The Kier molecular flexibility index (Phi) is 4.73. The molecule has 0 aliphatic rings. The molecule has 0 bridgehead atoms. The van der Waals surface area contributed by atoms with Crippen LogP contribution < -0.4 is 5.32 Å². The van der Waals surface area contributed by atoms with Crippen LogP contribution in [0, 0.1) is 11.3 Å². The molecule has 0 radical (unpaired) electrons. The number of amides is 1. The largest absolute Gasteiger partial charge is 0.507 e. The minimum Gasteiger partial charge on any atom is -0.507 e. The molecule has 0 saturated carbocycles. The van der Waals surface area contributed by atoms with Gasteiger partial charge in [0.1, 0.15) is 22.4 Å². The van der Waals surface area contributed by atoms with Gasteiger partial charge in [-0.1, -0.05) is 48.6 Å². The van der Waals surface area contributed by atoms with Gasteiger partial charge in [-0.2, -0.15) is 5.26 Å². The number of phenols is 1. The Bertz CT molecular complexity index is 1020. The third-order valence-corrected chi connectivity index (χ3v) is 4.57. The fourth-order valence-corrected chi connectivity index (χ4v) is 3.02. The number of hydrogen-bond acceptors (Lipinski definition) is 6. The summed E-state index contributed by atoms with van der Waals surface area (Å²) in [6.07, 6.45) is 2.23. The summed E-state index contributed by atoms with van der Waals surface area (Å²) in [4.78, 5) is 12.3. The van der Waals surface area contributed by atoms with Crippen LogP contribution in [0.25, 0.3) is 16.8 Å². The molecule has 0 spiro atoms. The second-order valence-electron chi connectivity index (χ2n) is 5.20. The molecule has 0 fully saturated rings. The normalized spacial score (nSPS) is 11.3. The quantitative estimate of drug-likeness (QED) is 0.554. The summed E-state index contributed by atoms with van der Waals surface area (Å²) < 4.78 is 0. The summed E-state index contributed by atoms with van der Waals surface area (Å²) in [7, 11) is 0. The summed E-state index contributed by atoms with van der Waals surface area (Å²) in [5, 5.41) is 32.3. The van der Waals surface area contributed by atoms with Crippen molar-refractivity contribution in [3.05, 3.63) is 52.5 Å². The summed E-state index contributed by atoms with van der Waals surface area (Å²) in [5.74, 6) is -0.393. The number of carbonyl (C=O) groups is 1. The SMILES string of the molecule is CCc1nnc(NC(=O)C(C#N)=Cc2ccc(O)c3ccccc23)s1. The molecule has 0 unspecified atom stereocenters. The Hall–Kier alpha value is -3.24. The van der Waals surface area contributed by atoms with E-state index < -0.39 is 5.91 Å². The number of rotatable bonds is 4. The highest BCUT2D eigenvalue weighted by Gasteiger charge is 2.13. The third-order valence-electron chi connectivity index (χ3n) is 3.59. The van der Waals surface area contributed by atoms with Crippen LogP contribution in [0.4, 0.5) is 5.13 Å². The maximum atomic E-state index is 12.3. The van der Waals surface area contributed by atoms with E-state index in [4.69, 9.17) is 0 Å². The summed E-state index contributed by atoms with van der Waals surface area (Å²) in [6.45, 7) is 1.95. The monoisotopic (exact) mass is 350 g/mol. The molecule has 7 heteroatoms. The van der Waals surface area contributed by atoms with Crippen molar-refractivity contribution in [1.29, 1.82) is 5.26 Å². The van der Waals surface area contributed by atoms with Crippen LogP contribution in [0.3, 0.4) is 0 Å². The van der Waals surface area contributed by atoms with Gasteiger partial charge in [0.05, 0.1) is 0 Å². The van der Waals surface area contributed by atoms with E-state index in [0.29, 0.717) is 16.1 Å². The van der Waals surface area contributed by atoms with Crippen LogP contribution in [0.1, 0.15) is 17.5 Å². The molecule has 1 amide bonds. The number of aromatic hydroxyl groups is 1. The Morgan fingerprint density at radius 3 is 2.72 bits per heavy atom. The number of nitrogens with zero attached hydrogens (tertiary/aromatic N) is 3. The molecule has 0 aliphatic carbocycles. The van der Waals surface area contributed by atoms with Crippen LogP contribution in [-0.2, 0) is 11.2 Å². The van der Waals surface area contributed by atoms with Crippen molar-refractivity contribution in [3.8, 4) is 11.8 Å². The average Bonchev–Trinajstić information content (AvgIpc) is 3.09. The minimum absolute atomic E-state index is 0.0518. The topological polar surface area (TPSA) is 98.9 Å². The smallest absolute Gasteiger partial charge is 0.268 e. The first kappa shape index (κ1) is 16.6. The van der Waals surface area contributed by atoms with Crippen molar-refractivity contribution in [2.75, 3.05) is 5.32 Å². The van der Waals surface area contributed by atoms with Gasteiger partial charge in [-0.05, 0) is 29.5 Å². The van der Waals surface area contributed by atoms with Crippen LogP contribution in [0.15, 0.2) is 42.0 Å². The lowest BCUT2D eigenvalue weighted by Gasteiger charge is -2.05. The number of aryl methyl sites for hydroxylation is 1. The summed E-state index contributed by atoms with van der Waals surface area (Å²) in [6, 6.07) is 12.4. The van der Waals surface area contributed by atoms with E-state index in [2.05, 4.69) is 15.5 Å². The molecule has 0 atom stereocenters. The number of fused-ring (bicyclic) bond motifs is 1. The van der Waals surface area contributed by atoms with Gasteiger partial charge in [0, 0.05) is 5.39 Å². The van der Waals surface area contributed by atoms with Crippen molar-refractivity contribution in [2.45, 2.75) is 13.3 Å². The number of nitriles is 1. The van der Waals surface area contributed by atoms with Crippen molar-refractivity contribution in [3.63, 3.8) is 0 Å². The first-order valence-electron chi connectivity index (χ1n) is 7.58. The second-order valence-corrected chi connectivity index (χ2v) is 6.26. The molecule has 6 nitrogen and oxygen atoms in total. The lowest BCUT2D eigenvalue weighted by molar-refractivity contribution is -0.112. The van der Waals surface area contributed by atoms with Crippen LogP contribution in [0.5, 0.6) is 5.75 Å². The van der Waals surface area contributed by atoms with Crippen molar-refractivity contribution < 1.29 is 9.90 Å². The number of hydrogen-bond donors (Lipinski definition) is 2. The van der Waals surface area contributed by atoms with Gasteiger partial charge < -0.3 is 5.11 Å². The van der Waals surface area contributed by atoms with E-state index in [0.717, 1.165) is 16.8 Å². The molecular formula is C18H14N4O2S. The van der Waals surface area contributed by atoms with Crippen molar-refractivity contribution in [2.24, 2.45) is 0 Å². The Labute approximate surface area is 148 Å². The summed E-state index contributed by atoms with van der Waals surface area (Å²) >= 11 is 1.28. The van der Waals surface area contributed by atoms with Crippen LogP contribution in [-0.4, -0.2) is 21.2 Å². The van der Waals surface area contributed by atoms with E-state index in [1.54, 1.807) is 18.2 Å². The molecule has 1 heterocycles. The van der Waals surface area contributed by atoms with Crippen LogP contribution in [0.2, 0.25) is 0 Å². The maximum absolute atomic E-state index is 12.3. The van der Waals surface area contributed by atoms with Crippen molar-refractivity contribution in [1.82, 2.24) is 10.2 Å². The van der Waals surface area contributed by atoms with E-state index in [9.17, 15) is 15.2 Å². The second kappa shape index (κ2) is 7.11. The van der Waals surface area contributed by atoms with E-state index >= 15 is 0 Å². The lowest BCUT2D eigenvalue weighted by Crippen LogP contribution is -2.13. The predicted molar refractivity (Wildman–Crippen MR) is 97.1 cm³/mol. The third kappa shape index (κ3) is 3.49. The molecule has 0 aliphatic heterocycles. The van der Waals surface area contributed by atoms with Gasteiger partial charge in [-0.3, -0.25) is 10.1 Å². The summed E-state index contributed by atoms with van der Waals surface area (Å²) in [5.41, 5.74) is 0.621. The highest BCUT2D eigenvalue weighted by atomic mass is 32.1. The molecule has 1 aromatic heterocycles. The Morgan fingerprint density at radius 1 is 1.28 bits per heavy atom. The number of benzene rings is 2. The minimum atomic E-state index is -0.543. The molecule has 2 N–H and O–H groups in total. The van der Waals surface area contributed by atoms with E-state index in [1.165, 1.54) is 17.4 Å². The molecular weight excluding hydrogens is 336 g/mol. The van der Waals surface area contributed by atoms with E-state index in [-0.39, 0.29) is 11.3 Å². The number of aromatic nitrogens is 2. The van der Waals surface area contributed by atoms with Gasteiger partial charge in [-0.15, -0.1) is 10.2 Å². The highest BCUT2D eigenvalue weighted by Crippen LogP contribution is 2.28. The van der Waals surface area contributed by atoms with Crippen LogP contribution >= 0.6 is 11.3 Å². The van der Waals surface area contributed by atoms with Gasteiger partial charge in [-0.25, -0.2) is 0 Å². The van der Waals surface area contributed by atoms with Gasteiger partial charge >= 0.3 is 0 Å². The Morgan fingerprint density at radius 2 is 2.04 bits per heavy atom. The zero-order chi connectivity index (χ0) is 17.8. The number of anilines is 1. The highest BCUT2D eigenvalue weighted by molar-refractivity contribution is 7.15. The van der Waals surface area contributed by atoms with E-state index in [1.807, 2.05) is 31.2 Å². The number of nitrogens with one attached hydrogen (secondary N) is 1. The van der Waals surface area contributed by atoms with Crippen molar-refractivity contribution >= 4 is 39.2 Å². The molecule has 3 aromatic rings. The number of phenolic OH excluding ortho intramolecular Hbond substituents is 1. The first-order valence-corrected chi connectivity index (χ1v) is 8.40.